The summed E-state index contributed by atoms with van der Waals surface area (Å²) in [6.07, 6.45) is 2.29. The molecule has 1 N–H and O–H groups in total. The van der Waals surface area contributed by atoms with Gasteiger partial charge < -0.3 is 14.6 Å². The predicted octanol–water partition coefficient (Wildman–Crippen LogP) is 1.66. The molecule has 0 radical (unpaired) electrons. The van der Waals surface area contributed by atoms with Crippen molar-refractivity contribution in [2.75, 3.05) is 39.8 Å². The van der Waals surface area contributed by atoms with E-state index in [4.69, 9.17) is 4.42 Å². The maximum Gasteiger partial charge on any atom is 0.220 e. The lowest BCUT2D eigenvalue weighted by molar-refractivity contribution is -0.121. The molecule has 1 aliphatic rings. The van der Waals surface area contributed by atoms with Gasteiger partial charge in [-0.3, -0.25) is 9.69 Å². The van der Waals surface area contributed by atoms with Crippen LogP contribution < -0.4 is 5.32 Å². The number of amides is 1. The number of rotatable bonds is 7. The van der Waals surface area contributed by atoms with E-state index in [0.29, 0.717) is 19.0 Å². The zero-order valence-electron chi connectivity index (χ0n) is 14.1. The molecule has 2 rings (SSSR count). The molecule has 1 amide bonds. The number of hydrogen-bond acceptors (Lipinski definition) is 4. The van der Waals surface area contributed by atoms with E-state index in [0.717, 1.165) is 50.5 Å². The van der Waals surface area contributed by atoms with Crippen LogP contribution in [-0.4, -0.2) is 61.5 Å². The predicted molar refractivity (Wildman–Crippen MR) is 87.9 cm³/mol. The minimum Gasteiger partial charge on any atom is -0.466 e. The van der Waals surface area contributed by atoms with E-state index >= 15 is 0 Å². The Bertz CT molecular complexity index is 464. The molecule has 1 atom stereocenters. The Balaban J connectivity index is 1.58. The van der Waals surface area contributed by atoms with Crippen LogP contribution in [0.5, 0.6) is 0 Å². The SMILES string of the molecule is Cc1ccc(CCNC(=O)CC[C@H](C)N2CCN(C)CC2)o1. The van der Waals surface area contributed by atoms with E-state index in [-0.39, 0.29) is 5.91 Å². The van der Waals surface area contributed by atoms with Crippen molar-refractivity contribution in [2.24, 2.45) is 0 Å². The quantitative estimate of drug-likeness (QED) is 0.832. The number of likely N-dealkylation sites (N-methyl/N-ethyl adjacent to an activating group) is 1. The lowest BCUT2D eigenvalue weighted by Gasteiger charge is -2.36. The van der Waals surface area contributed by atoms with Gasteiger partial charge in [-0.2, -0.15) is 0 Å². The summed E-state index contributed by atoms with van der Waals surface area (Å²) in [7, 11) is 2.16. The highest BCUT2D eigenvalue weighted by molar-refractivity contribution is 5.75. The summed E-state index contributed by atoms with van der Waals surface area (Å²) in [6.45, 7) is 9.27. The van der Waals surface area contributed by atoms with E-state index < -0.39 is 0 Å². The standard InChI is InChI=1S/C17H29N3O2/c1-14(20-12-10-19(3)11-13-20)4-7-17(21)18-9-8-16-6-5-15(2)22-16/h5-6,14H,4,7-13H2,1-3H3,(H,18,21)/t14-/m0/s1. The van der Waals surface area contributed by atoms with E-state index in [1.807, 2.05) is 19.1 Å². The van der Waals surface area contributed by atoms with E-state index in [9.17, 15) is 4.79 Å². The third kappa shape index (κ3) is 5.46. The molecule has 0 unspecified atom stereocenters. The molecule has 1 saturated heterocycles. The van der Waals surface area contributed by atoms with Crippen molar-refractivity contribution >= 4 is 5.91 Å². The summed E-state index contributed by atoms with van der Waals surface area (Å²) in [5.74, 6) is 2.00. The summed E-state index contributed by atoms with van der Waals surface area (Å²) in [4.78, 5) is 16.7. The average molecular weight is 307 g/mol. The molecule has 1 aliphatic heterocycles. The lowest BCUT2D eigenvalue weighted by Crippen LogP contribution is -2.48. The van der Waals surface area contributed by atoms with Gasteiger partial charge in [-0.05, 0) is 39.4 Å². The molecule has 2 heterocycles. The van der Waals surface area contributed by atoms with Gasteiger partial charge in [0.05, 0.1) is 0 Å². The second-order valence-corrected chi connectivity index (χ2v) is 6.34. The fourth-order valence-electron chi connectivity index (χ4n) is 2.82. The first kappa shape index (κ1) is 17.0. The Kier molecular flexibility index (Phi) is 6.46. The Morgan fingerprint density at radius 2 is 2.05 bits per heavy atom. The van der Waals surface area contributed by atoms with Crippen molar-refractivity contribution in [1.82, 2.24) is 15.1 Å². The average Bonchev–Trinajstić information content (AvgIpc) is 2.91. The van der Waals surface area contributed by atoms with Crippen LogP contribution in [0.2, 0.25) is 0 Å². The van der Waals surface area contributed by atoms with E-state index in [1.165, 1.54) is 0 Å². The second kappa shape index (κ2) is 8.34. The van der Waals surface area contributed by atoms with Gasteiger partial charge >= 0.3 is 0 Å². The minimum absolute atomic E-state index is 0.143. The van der Waals surface area contributed by atoms with Gasteiger partial charge in [-0.15, -0.1) is 0 Å². The van der Waals surface area contributed by atoms with Crippen molar-refractivity contribution in [1.29, 1.82) is 0 Å². The highest BCUT2D eigenvalue weighted by atomic mass is 16.3. The van der Waals surface area contributed by atoms with Crippen molar-refractivity contribution in [2.45, 2.75) is 39.2 Å². The van der Waals surface area contributed by atoms with Crippen LogP contribution in [0.25, 0.3) is 0 Å². The highest BCUT2D eigenvalue weighted by Gasteiger charge is 2.19. The molecule has 124 valence electrons. The summed E-state index contributed by atoms with van der Waals surface area (Å²) in [5.41, 5.74) is 0. The summed E-state index contributed by atoms with van der Waals surface area (Å²) >= 11 is 0. The van der Waals surface area contributed by atoms with Crippen LogP contribution in [-0.2, 0) is 11.2 Å². The number of aryl methyl sites for hydroxylation is 1. The van der Waals surface area contributed by atoms with Crippen LogP contribution in [0.1, 0.15) is 31.3 Å². The van der Waals surface area contributed by atoms with Gasteiger partial charge in [-0.25, -0.2) is 0 Å². The largest absolute Gasteiger partial charge is 0.466 e. The van der Waals surface area contributed by atoms with Crippen molar-refractivity contribution in [3.63, 3.8) is 0 Å². The molecule has 5 nitrogen and oxygen atoms in total. The molecule has 0 aliphatic carbocycles. The van der Waals surface area contributed by atoms with E-state index in [1.54, 1.807) is 0 Å². The van der Waals surface area contributed by atoms with E-state index in [2.05, 4.69) is 29.1 Å². The topological polar surface area (TPSA) is 48.7 Å². The maximum atomic E-state index is 11.9. The number of furan rings is 1. The number of nitrogens with one attached hydrogen (secondary N) is 1. The van der Waals surface area contributed by atoms with Gasteiger partial charge in [0, 0.05) is 51.6 Å². The zero-order chi connectivity index (χ0) is 15.9. The summed E-state index contributed by atoms with van der Waals surface area (Å²) < 4.78 is 5.49. The van der Waals surface area contributed by atoms with Crippen molar-refractivity contribution in [3.05, 3.63) is 23.7 Å². The lowest BCUT2D eigenvalue weighted by atomic mass is 10.1. The third-order valence-corrected chi connectivity index (χ3v) is 4.44. The number of carbonyl (C=O) groups is 1. The molecular weight excluding hydrogens is 278 g/mol. The van der Waals surface area contributed by atoms with Gasteiger partial charge in [-0.1, -0.05) is 0 Å². The molecular formula is C17H29N3O2. The van der Waals surface area contributed by atoms with Gasteiger partial charge in [0.2, 0.25) is 5.91 Å². The maximum absolute atomic E-state index is 11.9. The number of piperazine rings is 1. The molecule has 0 aromatic carbocycles. The van der Waals surface area contributed by atoms with Crippen LogP contribution in [0.15, 0.2) is 16.5 Å². The van der Waals surface area contributed by atoms with Crippen LogP contribution in [0, 0.1) is 6.92 Å². The second-order valence-electron chi connectivity index (χ2n) is 6.34. The molecule has 1 aromatic rings. The summed E-state index contributed by atoms with van der Waals surface area (Å²) in [6, 6.07) is 4.40. The first-order chi connectivity index (χ1) is 10.5. The van der Waals surface area contributed by atoms with Gasteiger partial charge in [0.1, 0.15) is 11.5 Å². The number of hydrogen-bond donors (Lipinski definition) is 1. The Hall–Kier alpha value is -1.33. The van der Waals surface area contributed by atoms with Crippen LogP contribution >= 0.6 is 0 Å². The van der Waals surface area contributed by atoms with Gasteiger partial charge in [0.25, 0.3) is 0 Å². The normalized spacial score (nSPS) is 18.3. The van der Waals surface area contributed by atoms with Crippen molar-refractivity contribution in [3.8, 4) is 0 Å². The Morgan fingerprint density at radius 1 is 1.32 bits per heavy atom. The monoisotopic (exact) mass is 307 g/mol. The molecule has 5 heteroatoms. The molecule has 0 saturated carbocycles. The molecule has 0 spiro atoms. The molecule has 0 bridgehead atoms. The fourth-order valence-corrected chi connectivity index (χ4v) is 2.82. The number of nitrogens with zero attached hydrogens (tertiary/aromatic N) is 2. The highest BCUT2D eigenvalue weighted by Crippen LogP contribution is 2.10. The molecule has 22 heavy (non-hydrogen) atoms. The Morgan fingerprint density at radius 3 is 2.68 bits per heavy atom. The fraction of sp³-hybridized carbons (Fsp3) is 0.706. The summed E-state index contributed by atoms with van der Waals surface area (Å²) in [5, 5.41) is 2.98. The minimum atomic E-state index is 0.143. The van der Waals surface area contributed by atoms with Crippen LogP contribution in [0.4, 0.5) is 0 Å². The molecule has 1 fully saturated rings. The first-order valence-electron chi connectivity index (χ1n) is 8.29. The Labute approximate surface area is 133 Å². The third-order valence-electron chi connectivity index (χ3n) is 4.44. The van der Waals surface area contributed by atoms with Crippen LogP contribution in [0.3, 0.4) is 0 Å². The number of carbonyl (C=O) groups excluding carboxylic acids is 1. The van der Waals surface area contributed by atoms with Crippen molar-refractivity contribution < 1.29 is 9.21 Å². The smallest absolute Gasteiger partial charge is 0.220 e. The zero-order valence-corrected chi connectivity index (χ0v) is 14.1. The van der Waals surface area contributed by atoms with Gasteiger partial charge in [0.15, 0.2) is 0 Å². The first-order valence-corrected chi connectivity index (χ1v) is 8.29. The molecule has 1 aromatic heterocycles.